The summed E-state index contributed by atoms with van der Waals surface area (Å²) in [5.74, 6) is 1.55. The molecule has 2 aliphatic rings. The molecule has 1 atom stereocenters. The van der Waals surface area contributed by atoms with Crippen LogP contribution in [-0.4, -0.2) is 37.0 Å². The van der Waals surface area contributed by atoms with Gasteiger partial charge in [-0.1, -0.05) is 45.4 Å². The zero-order valence-electron chi connectivity index (χ0n) is 12.9. The van der Waals surface area contributed by atoms with E-state index in [1.54, 1.807) is 0 Å². The molecule has 1 N–H and O–H groups in total. The van der Waals surface area contributed by atoms with Crippen molar-refractivity contribution < 1.29 is 4.79 Å². The minimum atomic E-state index is 0. The molecule has 1 amide bonds. The number of halogens is 1. The van der Waals surface area contributed by atoms with Crippen LogP contribution in [0, 0.1) is 11.8 Å². The van der Waals surface area contributed by atoms with E-state index in [4.69, 9.17) is 0 Å². The molecular weight excluding hydrogens is 272 g/mol. The molecule has 0 aromatic rings. The van der Waals surface area contributed by atoms with Crippen LogP contribution in [0.4, 0.5) is 0 Å². The molecule has 118 valence electrons. The SMILES string of the molecule is CCCC(CC1CCCCC1)C(=O)N1CCNCC1.Cl. The summed E-state index contributed by atoms with van der Waals surface area (Å²) >= 11 is 0. The van der Waals surface area contributed by atoms with Crippen molar-refractivity contribution >= 4 is 18.3 Å². The first-order chi connectivity index (χ1) is 9.31. The lowest BCUT2D eigenvalue weighted by molar-refractivity contribution is -0.137. The van der Waals surface area contributed by atoms with Crippen molar-refractivity contribution in [1.29, 1.82) is 0 Å². The van der Waals surface area contributed by atoms with E-state index in [0.29, 0.717) is 11.8 Å². The Morgan fingerprint density at radius 1 is 1.20 bits per heavy atom. The maximum atomic E-state index is 12.7. The van der Waals surface area contributed by atoms with Gasteiger partial charge in [-0.3, -0.25) is 4.79 Å². The Hall–Kier alpha value is -0.280. The van der Waals surface area contributed by atoms with Gasteiger partial charge in [0.15, 0.2) is 0 Å². The van der Waals surface area contributed by atoms with Gasteiger partial charge in [0.25, 0.3) is 0 Å². The average Bonchev–Trinajstić information content (AvgIpc) is 2.48. The zero-order valence-corrected chi connectivity index (χ0v) is 13.7. The molecule has 4 heteroatoms. The van der Waals surface area contributed by atoms with E-state index in [-0.39, 0.29) is 12.4 Å². The lowest BCUT2D eigenvalue weighted by Gasteiger charge is -2.33. The normalized spacial score (nSPS) is 22.1. The van der Waals surface area contributed by atoms with Crippen LogP contribution < -0.4 is 5.32 Å². The summed E-state index contributed by atoms with van der Waals surface area (Å²) in [5, 5.41) is 3.33. The third kappa shape index (κ3) is 5.25. The van der Waals surface area contributed by atoms with Crippen LogP contribution in [0.2, 0.25) is 0 Å². The Morgan fingerprint density at radius 2 is 1.85 bits per heavy atom. The van der Waals surface area contributed by atoms with E-state index < -0.39 is 0 Å². The summed E-state index contributed by atoms with van der Waals surface area (Å²) in [6.45, 7) is 5.95. The molecule has 0 bridgehead atoms. The van der Waals surface area contributed by atoms with Crippen LogP contribution in [0.3, 0.4) is 0 Å². The molecule has 0 aromatic heterocycles. The smallest absolute Gasteiger partial charge is 0.225 e. The minimum Gasteiger partial charge on any atom is -0.340 e. The monoisotopic (exact) mass is 302 g/mol. The largest absolute Gasteiger partial charge is 0.340 e. The zero-order chi connectivity index (χ0) is 13.5. The van der Waals surface area contributed by atoms with Crippen LogP contribution >= 0.6 is 12.4 Å². The van der Waals surface area contributed by atoms with Gasteiger partial charge in [-0.2, -0.15) is 0 Å². The van der Waals surface area contributed by atoms with Crippen LogP contribution in [0.25, 0.3) is 0 Å². The van der Waals surface area contributed by atoms with Crippen molar-refractivity contribution in [2.75, 3.05) is 26.2 Å². The molecule has 2 rings (SSSR count). The topological polar surface area (TPSA) is 32.3 Å². The molecule has 20 heavy (non-hydrogen) atoms. The Balaban J connectivity index is 0.00000200. The summed E-state index contributed by atoms with van der Waals surface area (Å²) in [5.41, 5.74) is 0. The first-order valence-corrected chi connectivity index (χ1v) is 8.30. The third-order valence-electron chi connectivity index (χ3n) is 4.76. The predicted octanol–water partition coefficient (Wildman–Crippen LogP) is 3.23. The fraction of sp³-hybridized carbons (Fsp3) is 0.938. The van der Waals surface area contributed by atoms with Gasteiger partial charge in [0.2, 0.25) is 5.91 Å². The highest BCUT2D eigenvalue weighted by atomic mass is 35.5. The molecule has 1 unspecified atom stereocenters. The van der Waals surface area contributed by atoms with E-state index >= 15 is 0 Å². The van der Waals surface area contributed by atoms with Gasteiger partial charge in [0.1, 0.15) is 0 Å². The standard InChI is InChI=1S/C16H30N2O.ClH/c1-2-6-15(13-14-7-4-3-5-8-14)16(19)18-11-9-17-10-12-18;/h14-15,17H,2-13H2,1H3;1H. The number of amides is 1. The molecule has 1 heterocycles. The first-order valence-electron chi connectivity index (χ1n) is 8.30. The molecule has 0 radical (unpaired) electrons. The maximum Gasteiger partial charge on any atom is 0.225 e. The molecule has 2 fully saturated rings. The molecule has 1 aliphatic carbocycles. The Bertz CT molecular complexity index is 274. The van der Waals surface area contributed by atoms with E-state index in [9.17, 15) is 4.79 Å². The van der Waals surface area contributed by atoms with Gasteiger partial charge in [-0.05, 0) is 18.8 Å². The van der Waals surface area contributed by atoms with E-state index in [1.165, 1.54) is 32.1 Å². The third-order valence-corrected chi connectivity index (χ3v) is 4.76. The van der Waals surface area contributed by atoms with Crippen LogP contribution in [0.5, 0.6) is 0 Å². The molecule has 1 saturated carbocycles. The number of rotatable bonds is 5. The van der Waals surface area contributed by atoms with Gasteiger partial charge in [0.05, 0.1) is 0 Å². The van der Waals surface area contributed by atoms with Gasteiger partial charge in [0, 0.05) is 32.1 Å². The number of hydrogen-bond acceptors (Lipinski definition) is 2. The van der Waals surface area contributed by atoms with Crippen LogP contribution in [0.15, 0.2) is 0 Å². The lowest BCUT2D eigenvalue weighted by Crippen LogP contribution is -2.48. The van der Waals surface area contributed by atoms with Crippen molar-refractivity contribution in [3.8, 4) is 0 Å². The van der Waals surface area contributed by atoms with Crippen LogP contribution in [-0.2, 0) is 4.79 Å². The number of carbonyl (C=O) groups excluding carboxylic acids is 1. The highest BCUT2D eigenvalue weighted by molar-refractivity contribution is 5.85. The Morgan fingerprint density at radius 3 is 2.45 bits per heavy atom. The van der Waals surface area contributed by atoms with E-state index in [1.807, 2.05) is 0 Å². The van der Waals surface area contributed by atoms with Gasteiger partial charge < -0.3 is 10.2 Å². The summed E-state index contributed by atoms with van der Waals surface area (Å²) < 4.78 is 0. The number of nitrogens with zero attached hydrogens (tertiary/aromatic N) is 1. The molecule has 0 aromatic carbocycles. The van der Waals surface area contributed by atoms with E-state index in [0.717, 1.165) is 51.4 Å². The first kappa shape index (κ1) is 17.8. The quantitative estimate of drug-likeness (QED) is 0.845. The minimum absolute atomic E-state index is 0. The summed E-state index contributed by atoms with van der Waals surface area (Å²) in [4.78, 5) is 14.8. The highest BCUT2D eigenvalue weighted by Gasteiger charge is 2.27. The lowest BCUT2D eigenvalue weighted by atomic mass is 9.81. The molecule has 1 saturated heterocycles. The second-order valence-electron chi connectivity index (χ2n) is 6.30. The van der Waals surface area contributed by atoms with Crippen molar-refractivity contribution in [2.24, 2.45) is 11.8 Å². The number of piperazine rings is 1. The van der Waals surface area contributed by atoms with E-state index in [2.05, 4.69) is 17.1 Å². The second-order valence-corrected chi connectivity index (χ2v) is 6.30. The number of nitrogens with one attached hydrogen (secondary N) is 1. The van der Waals surface area contributed by atoms with Crippen molar-refractivity contribution in [3.63, 3.8) is 0 Å². The molecule has 0 spiro atoms. The van der Waals surface area contributed by atoms with Gasteiger partial charge in [-0.25, -0.2) is 0 Å². The van der Waals surface area contributed by atoms with Crippen LogP contribution in [0.1, 0.15) is 58.3 Å². The summed E-state index contributed by atoms with van der Waals surface area (Å²) in [6.07, 6.45) is 10.2. The van der Waals surface area contributed by atoms with Crippen molar-refractivity contribution in [1.82, 2.24) is 10.2 Å². The molecule has 3 nitrogen and oxygen atoms in total. The Kier molecular flexibility index (Phi) is 8.55. The van der Waals surface area contributed by atoms with Gasteiger partial charge in [-0.15, -0.1) is 12.4 Å². The average molecular weight is 303 g/mol. The highest BCUT2D eigenvalue weighted by Crippen LogP contribution is 2.31. The number of carbonyl (C=O) groups is 1. The Labute approximate surface area is 130 Å². The molecular formula is C16H31ClN2O. The van der Waals surface area contributed by atoms with Crippen molar-refractivity contribution in [3.05, 3.63) is 0 Å². The molecule has 1 aliphatic heterocycles. The maximum absolute atomic E-state index is 12.7. The fourth-order valence-electron chi connectivity index (χ4n) is 3.66. The predicted molar refractivity (Wildman–Crippen MR) is 86.3 cm³/mol. The van der Waals surface area contributed by atoms with Gasteiger partial charge >= 0.3 is 0 Å². The summed E-state index contributed by atoms with van der Waals surface area (Å²) in [7, 11) is 0. The fourth-order valence-corrected chi connectivity index (χ4v) is 3.66. The summed E-state index contributed by atoms with van der Waals surface area (Å²) in [6, 6.07) is 0. The van der Waals surface area contributed by atoms with Crippen molar-refractivity contribution in [2.45, 2.75) is 58.3 Å². The number of hydrogen-bond donors (Lipinski definition) is 1. The second kappa shape index (κ2) is 9.62.